The third kappa shape index (κ3) is 11.7. The number of benzene rings is 1. The van der Waals surface area contributed by atoms with Crippen molar-refractivity contribution in [2.75, 3.05) is 25.4 Å². The molecule has 0 radical (unpaired) electrons. The first-order valence-corrected chi connectivity index (χ1v) is 8.87. The maximum Gasteiger partial charge on any atom is 0.390 e. The molecule has 1 aromatic carbocycles. The van der Waals surface area contributed by atoms with Gasteiger partial charge in [0.05, 0.1) is 13.0 Å². The fourth-order valence-corrected chi connectivity index (χ4v) is 2.79. The summed E-state index contributed by atoms with van der Waals surface area (Å²) in [5.74, 6) is 1.18. The van der Waals surface area contributed by atoms with Gasteiger partial charge in [-0.3, -0.25) is 9.20 Å². The van der Waals surface area contributed by atoms with Crippen LogP contribution >= 0.6 is 24.0 Å². The van der Waals surface area contributed by atoms with Gasteiger partial charge < -0.3 is 10.6 Å². The molecule has 0 aliphatic carbocycles. The zero-order chi connectivity index (χ0) is 17.1. The van der Waals surface area contributed by atoms with Gasteiger partial charge in [-0.1, -0.05) is 30.3 Å². The van der Waals surface area contributed by atoms with E-state index < -0.39 is 23.4 Å². The molecule has 0 saturated heterocycles. The Morgan fingerprint density at radius 2 is 1.88 bits per heavy atom. The van der Waals surface area contributed by atoms with Gasteiger partial charge in [0.25, 0.3) is 0 Å². The molecule has 2 N–H and O–H groups in total. The van der Waals surface area contributed by atoms with Gasteiger partial charge in [-0.15, -0.1) is 24.0 Å². The standard InChI is InChI=1S/C15H22F3N3OS.HI/c1-2-19-14(20-9-8-15(16,17)18)21-10-11-23(22)12-13-6-4-3-5-7-13;/h3-7H,2,8-12H2,1H3,(H2,19,20,21);1H. The molecule has 9 heteroatoms. The van der Waals surface area contributed by atoms with Crippen molar-refractivity contribution in [1.82, 2.24) is 10.6 Å². The van der Waals surface area contributed by atoms with Gasteiger partial charge in [-0.25, -0.2) is 0 Å². The maximum absolute atomic E-state index is 12.1. The second-order valence-corrected chi connectivity index (χ2v) is 6.40. The third-order valence-corrected chi connectivity index (χ3v) is 4.12. The average Bonchev–Trinajstić information content (AvgIpc) is 2.47. The second-order valence-electron chi connectivity index (χ2n) is 4.83. The summed E-state index contributed by atoms with van der Waals surface area (Å²) in [6.45, 7) is 2.43. The fraction of sp³-hybridized carbons (Fsp3) is 0.533. The molecule has 24 heavy (non-hydrogen) atoms. The molecule has 0 spiro atoms. The Balaban J connectivity index is 0.00000529. The summed E-state index contributed by atoms with van der Waals surface area (Å²) in [4.78, 5) is 3.86. The van der Waals surface area contributed by atoms with Crippen LogP contribution < -0.4 is 10.6 Å². The topological polar surface area (TPSA) is 53.5 Å². The zero-order valence-electron chi connectivity index (χ0n) is 13.4. The normalized spacial score (nSPS) is 13.1. The lowest BCUT2D eigenvalue weighted by Crippen LogP contribution is -2.39. The van der Waals surface area contributed by atoms with Crippen LogP contribution in [-0.4, -0.2) is 41.7 Å². The van der Waals surface area contributed by atoms with E-state index in [4.69, 9.17) is 0 Å². The van der Waals surface area contributed by atoms with Gasteiger partial charge in [0.2, 0.25) is 0 Å². The molecule has 0 aliphatic heterocycles. The van der Waals surface area contributed by atoms with E-state index in [9.17, 15) is 17.4 Å². The van der Waals surface area contributed by atoms with Crippen LogP contribution in [0.3, 0.4) is 0 Å². The molecule has 138 valence electrons. The van der Waals surface area contributed by atoms with Gasteiger partial charge in [0.1, 0.15) is 0 Å². The van der Waals surface area contributed by atoms with Gasteiger partial charge >= 0.3 is 6.18 Å². The highest BCUT2D eigenvalue weighted by molar-refractivity contribution is 14.0. The monoisotopic (exact) mass is 477 g/mol. The van der Waals surface area contributed by atoms with Crippen molar-refractivity contribution >= 4 is 40.7 Å². The van der Waals surface area contributed by atoms with Gasteiger partial charge in [-0.2, -0.15) is 13.2 Å². The molecule has 0 bridgehead atoms. The lowest BCUT2D eigenvalue weighted by Gasteiger charge is -2.11. The van der Waals surface area contributed by atoms with Crippen LogP contribution in [0.15, 0.2) is 35.3 Å². The van der Waals surface area contributed by atoms with Crippen LogP contribution in [0.1, 0.15) is 18.9 Å². The largest absolute Gasteiger partial charge is 0.390 e. The summed E-state index contributed by atoms with van der Waals surface area (Å²) in [6.07, 6.45) is -5.17. The molecule has 1 atom stereocenters. The van der Waals surface area contributed by atoms with Gasteiger partial charge in [0, 0.05) is 35.4 Å². The van der Waals surface area contributed by atoms with E-state index >= 15 is 0 Å². The molecule has 0 aromatic heterocycles. The van der Waals surface area contributed by atoms with E-state index in [-0.39, 0.29) is 30.5 Å². The number of hydrogen-bond acceptors (Lipinski definition) is 2. The molecule has 0 amide bonds. The SMILES string of the molecule is CCNC(=NCCC(F)(F)F)NCCS(=O)Cc1ccccc1.I. The van der Waals surface area contributed by atoms with Crippen LogP contribution in [0.5, 0.6) is 0 Å². The number of hydrogen-bond donors (Lipinski definition) is 2. The summed E-state index contributed by atoms with van der Waals surface area (Å²) in [5, 5.41) is 5.77. The number of nitrogens with zero attached hydrogens (tertiary/aromatic N) is 1. The highest BCUT2D eigenvalue weighted by atomic mass is 127. The molecule has 0 saturated carbocycles. The van der Waals surface area contributed by atoms with Crippen LogP contribution in [-0.2, 0) is 16.6 Å². The van der Waals surface area contributed by atoms with Crippen molar-refractivity contribution in [3.8, 4) is 0 Å². The number of rotatable bonds is 8. The molecular weight excluding hydrogens is 454 g/mol. The predicted octanol–water partition coefficient (Wildman–Crippen LogP) is 3.06. The Morgan fingerprint density at radius 3 is 2.46 bits per heavy atom. The Hall–Kier alpha value is -0.840. The fourth-order valence-electron chi connectivity index (χ4n) is 1.75. The van der Waals surface area contributed by atoms with Crippen molar-refractivity contribution in [1.29, 1.82) is 0 Å². The van der Waals surface area contributed by atoms with E-state index in [1.807, 2.05) is 37.3 Å². The van der Waals surface area contributed by atoms with Crippen LogP contribution in [0, 0.1) is 0 Å². The smallest absolute Gasteiger partial charge is 0.357 e. The summed E-state index contributed by atoms with van der Waals surface area (Å²) < 4.78 is 48.3. The highest BCUT2D eigenvalue weighted by Crippen LogP contribution is 2.18. The third-order valence-electron chi connectivity index (χ3n) is 2.80. The Kier molecular flexibility index (Phi) is 12.1. The van der Waals surface area contributed by atoms with Crippen molar-refractivity contribution in [2.45, 2.75) is 25.3 Å². The van der Waals surface area contributed by atoms with E-state index in [2.05, 4.69) is 15.6 Å². The first-order valence-electron chi connectivity index (χ1n) is 7.38. The van der Waals surface area contributed by atoms with Crippen molar-refractivity contribution in [3.05, 3.63) is 35.9 Å². The lowest BCUT2D eigenvalue weighted by molar-refractivity contribution is -0.132. The van der Waals surface area contributed by atoms with Gasteiger partial charge in [0.15, 0.2) is 5.96 Å². The molecule has 0 fully saturated rings. The summed E-state index contributed by atoms with van der Waals surface area (Å²) >= 11 is 0. The highest BCUT2D eigenvalue weighted by Gasteiger charge is 2.26. The van der Waals surface area contributed by atoms with Crippen LogP contribution in [0.4, 0.5) is 13.2 Å². The minimum Gasteiger partial charge on any atom is -0.357 e. The van der Waals surface area contributed by atoms with E-state index in [0.717, 1.165) is 5.56 Å². The van der Waals surface area contributed by atoms with E-state index in [1.165, 1.54) is 0 Å². The van der Waals surface area contributed by atoms with E-state index in [1.54, 1.807) is 0 Å². The summed E-state index contributed by atoms with van der Waals surface area (Å²) in [5.41, 5.74) is 0.997. The number of halogens is 4. The van der Waals surface area contributed by atoms with Crippen LogP contribution in [0.2, 0.25) is 0 Å². The molecular formula is C15H23F3IN3OS. The van der Waals surface area contributed by atoms with Crippen LogP contribution in [0.25, 0.3) is 0 Å². The molecule has 1 rings (SSSR count). The first kappa shape index (κ1) is 23.2. The predicted molar refractivity (Wildman–Crippen MR) is 103 cm³/mol. The van der Waals surface area contributed by atoms with Crippen molar-refractivity contribution < 1.29 is 17.4 Å². The quantitative estimate of drug-likeness (QED) is 0.344. The second kappa shape index (κ2) is 12.5. The summed E-state index contributed by atoms with van der Waals surface area (Å²) in [6, 6.07) is 9.50. The summed E-state index contributed by atoms with van der Waals surface area (Å²) in [7, 11) is -1.04. The first-order chi connectivity index (χ1) is 10.9. The minimum absolute atomic E-state index is 0. The van der Waals surface area contributed by atoms with Gasteiger partial charge in [-0.05, 0) is 12.5 Å². The number of nitrogens with one attached hydrogen (secondary N) is 2. The molecule has 0 heterocycles. The maximum atomic E-state index is 12.1. The molecule has 1 aromatic rings. The minimum atomic E-state index is -4.21. The average molecular weight is 477 g/mol. The Labute approximate surface area is 160 Å². The van der Waals surface area contributed by atoms with Crippen molar-refractivity contribution in [3.63, 3.8) is 0 Å². The Morgan fingerprint density at radius 1 is 1.21 bits per heavy atom. The number of alkyl halides is 3. The van der Waals surface area contributed by atoms with E-state index in [0.29, 0.717) is 30.6 Å². The molecule has 4 nitrogen and oxygen atoms in total. The number of guanidine groups is 1. The molecule has 1 unspecified atom stereocenters. The number of aliphatic imine (C=N–C) groups is 1. The lowest BCUT2D eigenvalue weighted by atomic mass is 10.2. The Bertz CT molecular complexity index is 512. The van der Waals surface area contributed by atoms with Crippen molar-refractivity contribution in [2.24, 2.45) is 4.99 Å². The zero-order valence-corrected chi connectivity index (χ0v) is 16.6. The molecule has 0 aliphatic rings.